The van der Waals surface area contributed by atoms with E-state index in [2.05, 4.69) is 0 Å². The van der Waals surface area contributed by atoms with E-state index in [1.54, 1.807) is 0 Å². The zero-order valence-corrected chi connectivity index (χ0v) is 4.61. The first kappa shape index (κ1) is 6.72. The average Bonchev–Trinajstić information content (AvgIpc) is 1.65. The lowest BCUT2D eigenvalue weighted by Crippen LogP contribution is -1.87. The molecule has 0 aliphatic rings. The summed E-state index contributed by atoms with van der Waals surface area (Å²) in [5.41, 5.74) is 0.696. The van der Waals surface area contributed by atoms with Gasteiger partial charge in [-0.05, 0) is 11.6 Å². The first-order valence-electron chi connectivity index (χ1n) is 1.28. The summed E-state index contributed by atoms with van der Waals surface area (Å²) in [5.74, 6) is 0. The smallest absolute Gasteiger partial charge is 0.257 e. The van der Waals surface area contributed by atoms with E-state index in [-0.39, 0.29) is 0 Å². The minimum atomic E-state index is -0.783. The maximum absolute atomic E-state index is 9.45. The topological polar surface area (TPSA) is 43.1 Å². The van der Waals surface area contributed by atoms with Crippen LogP contribution in [0, 0.1) is 10.1 Å². The zero-order chi connectivity index (χ0) is 5.86. The third kappa shape index (κ3) is 2.42. The summed E-state index contributed by atoms with van der Waals surface area (Å²) >= 11 is 9.64. The van der Waals surface area contributed by atoms with Crippen LogP contribution in [0.25, 0.3) is 0 Å². The van der Waals surface area contributed by atoms with Crippen LogP contribution in [0.15, 0.2) is 10.7 Å². The summed E-state index contributed by atoms with van der Waals surface area (Å²) in [7, 11) is 0. The van der Waals surface area contributed by atoms with Gasteiger partial charge in [-0.15, -0.1) is 0 Å². The van der Waals surface area contributed by atoms with Crippen LogP contribution in [0.3, 0.4) is 0 Å². The van der Waals surface area contributed by atoms with E-state index >= 15 is 0 Å². The molecule has 40 valence electrons. The van der Waals surface area contributed by atoms with Gasteiger partial charge in [0.1, 0.15) is 0 Å². The monoisotopic (exact) mass is 141 g/mol. The largest absolute Gasteiger partial charge is 0.348 e. The van der Waals surface area contributed by atoms with E-state index in [0.29, 0.717) is 5.54 Å². The Morgan fingerprint density at radius 1 is 1.86 bits per heavy atom. The van der Waals surface area contributed by atoms with Gasteiger partial charge in [-0.25, -0.2) is 0 Å². The molecular formula is C2HCl2NO2. The molecule has 3 nitrogen and oxygen atoms in total. The Bertz CT molecular complexity index is 110. The van der Waals surface area contributed by atoms with Crippen LogP contribution >= 0.6 is 23.2 Å². The van der Waals surface area contributed by atoms with Crippen LogP contribution in [-0.4, -0.2) is 4.92 Å². The van der Waals surface area contributed by atoms with Crippen molar-refractivity contribution in [2.45, 2.75) is 0 Å². The Hall–Kier alpha value is -0.280. The number of nitrogens with zero attached hydrogens (tertiary/aromatic N) is 1. The van der Waals surface area contributed by atoms with Crippen LogP contribution in [0.2, 0.25) is 0 Å². The van der Waals surface area contributed by atoms with E-state index in [4.69, 9.17) is 23.2 Å². The molecule has 0 rings (SSSR count). The van der Waals surface area contributed by atoms with Crippen LogP contribution in [0.4, 0.5) is 0 Å². The maximum atomic E-state index is 9.45. The van der Waals surface area contributed by atoms with Crippen molar-refractivity contribution in [3.05, 3.63) is 20.8 Å². The Morgan fingerprint density at radius 2 is 2.29 bits per heavy atom. The minimum absolute atomic E-state index is 0.568. The average molecular weight is 142 g/mol. The summed E-state index contributed by atoms with van der Waals surface area (Å²) in [5, 5.41) is 8.88. The molecule has 0 aliphatic heterocycles. The molecule has 0 aromatic heterocycles. The third-order valence-electron chi connectivity index (χ3n) is 0.264. The number of hydrogen-bond donors (Lipinski definition) is 0. The van der Waals surface area contributed by atoms with Crippen molar-refractivity contribution in [1.82, 2.24) is 0 Å². The molecule has 5 heteroatoms. The second-order valence-electron chi connectivity index (χ2n) is 0.689. The Kier molecular flexibility index (Phi) is 2.71. The van der Waals surface area contributed by atoms with Crippen LogP contribution in [0.1, 0.15) is 0 Å². The van der Waals surface area contributed by atoms with E-state index in [0.717, 1.165) is 0 Å². The molecule has 0 unspecified atom stereocenters. The van der Waals surface area contributed by atoms with E-state index in [1.807, 2.05) is 0 Å². The molecule has 0 atom stereocenters. The van der Waals surface area contributed by atoms with Gasteiger partial charge < -0.3 is 0 Å². The minimum Gasteiger partial charge on any atom is -0.257 e. The van der Waals surface area contributed by atoms with E-state index in [1.165, 1.54) is 0 Å². The number of rotatable bonds is 1. The summed E-state index contributed by atoms with van der Waals surface area (Å²) in [6.07, 6.45) is 0. The van der Waals surface area contributed by atoms with Gasteiger partial charge in [-0.2, -0.15) is 0 Å². The van der Waals surface area contributed by atoms with Crippen molar-refractivity contribution < 1.29 is 4.92 Å². The van der Waals surface area contributed by atoms with Crippen molar-refractivity contribution in [1.29, 1.82) is 0 Å². The zero-order valence-electron chi connectivity index (χ0n) is 3.10. The fourth-order valence-corrected chi connectivity index (χ4v) is 0.120. The first-order chi connectivity index (χ1) is 3.18. The van der Waals surface area contributed by atoms with Gasteiger partial charge in [-0.1, -0.05) is 11.6 Å². The first-order valence-corrected chi connectivity index (χ1v) is 2.10. The molecule has 0 N–H and O–H groups in total. The quantitative estimate of drug-likeness (QED) is 0.316. The van der Waals surface area contributed by atoms with Gasteiger partial charge in [-0.3, -0.25) is 10.1 Å². The Labute approximate surface area is 49.7 Å². The van der Waals surface area contributed by atoms with Crippen LogP contribution in [0.5, 0.6) is 0 Å². The number of hydrogen-bond acceptors (Lipinski definition) is 2. The summed E-state index contributed by atoms with van der Waals surface area (Å²) in [6, 6.07) is 0. The summed E-state index contributed by atoms with van der Waals surface area (Å²) in [4.78, 5) is 8.67. The predicted octanol–water partition coefficient (Wildman–Crippen LogP) is 1.54. The highest BCUT2D eigenvalue weighted by molar-refractivity contribution is 6.35. The third-order valence-corrected chi connectivity index (χ3v) is 0.830. The van der Waals surface area contributed by atoms with Gasteiger partial charge in [0.2, 0.25) is 0 Å². The lowest BCUT2D eigenvalue weighted by Gasteiger charge is -1.77. The molecule has 0 aromatic carbocycles. The molecule has 0 amide bonds. The fourth-order valence-electron chi connectivity index (χ4n) is 0.0398. The molecule has 0 bridgehead atoms. The maximum Gasteiger partial charge on any atom is 0.348 e. The molecule has 0 spiro atoms. The van der Waals surface area contributed by atoms with Crippen molar-refractivity contribution in [2.75, 3.05) is 0 Å². The van der Waals surface area contributed by atoms with Crippen molar-refractivity contribution in [3.8, 4) is 0 Å². The van der Waals surface area contributed by atoms with Crippen molar-refractivity contribution in [3.63, 3.8) is 0 Å². The molecule has 0 fully saturated rings. The van der Waals surface area contributed by atoms with Crippen LogP contribution < -0.4 is 0 Å². The summed E-state index contributed by atoms with van der Waals surface area (Å²) < 4.78 is 0. The molecule has 0 saturated heterocycles. The SMILES string of the molecule is O=[N+]([O-])/C(Cl)=C/Cl. The second kappa shape index (κ2) is 2.82. The standard InChI is InChI=1S/C2HCl2NO2/c3-1-2(4)5(6)7/h1H/b2-1+. The molecule has 7 heavy (non-hydrogen) atoms. The fraction of sp³-hybridized carbons (Fsp3) is 0. The van der Waals surface area contributed by atoms with Crippen molar-refractivity contribution >= 4 is 23.2 Å². The highest BCUT2D eigenvalue weighted by atomic mass is 35.5. The number of nitro groups is 1. The van der Waals surface area contributed by atoms with Gasteiger partial charge in [0, 0.05) is 0 Å². The highest BCUT2D eigenvalue weighted by Gasteiger charge is 2.00. The Balaban J connectivity index is 3.82. The lowest BCUT2D eigenvalue weighted by atomic mass is 11.1. The second-order valence-corrected chi connectivity index (χ2v) is 1.29. The van der Waals surface area contributed by atoms with Gasteiger partial charge in [0.25, 0.3) is 0 Å². The lowest BCUT2D eigenvalue weighted by molar-refractivity contribution is -0.411. The molecule has 0 aromatic rings. The molecule has 0 radical (unpaired) electrons. The summed E-state index contributed by atoms with van der Waals surface area (Å²) in [6.45, 7) is 0. The van der Waals surface area contributed by atoms with Crippen LogP contribution in [-0.2, 0) is 0 Å². The van der Waals surface area contributed by atoms with Gasteiger partial charge in [0.15, 0.2) is 0 Å². The van der Waals surface area contributed by atoms with Crippen molar-refractivity contribution in [2.24, 2.45) is 0 Å². The molecular weight excluding hydrogens is 141 g/mol. The molecule has 0 saturated carbocycles. The normalized spacial score (nSPS) is 11.4. The van der Waals surface area contributed by atoms with Gasteiger partial charge >= 0.3 is 5.16 Å². The van der Waals surface area contributed by atoms with E-state index < -0.39 is 10.1 Å². The Morgan fingerprint density at radius 3 is 2.29 bits per heavy atom. The highest BCUT2D eigenvalue weighted by Crippen LogP contribution is 2.01. The number of halogens is 2. The van der Waals surface area contributed by atoms with E-state index in [9.17, 15) is 10.1 Å². The molecule has 0 heterocycles. The predicted molar refractivity (Wildman–Crippen MR) is 26.8 cm³/mol. The molecule has 0 aliphatic carbocycles. The van der Waals surface area contributed by atoms with Gasteiger partial charge in [0.05, 0.1) is 10.5 Å².